The molecule has 0 atom stereocenters. The number of carbonyl (C=O) groups is 2. The molecule has 0 bridgehead atoms. The van der Waals surface area contributed by atoms with Gasteiger partial charge in [-0.25, -0.2) is 4.79 Å². The summed E-state index contributed by atoms with van der Waals surface area (Å²) in [5.41, 5.74) is 0.453. The zero-order chi connectivity index (χ0) is 15.7. The summed E-state index contributed by atoms with van der Waals surface area (Å²) in [6.07, 6.45) is 1.86. The summed E-state index contributed by atoms with van der Waals surface area (Å²) in [6.45, 7) is 5.59. The molecule has 1 aromatic carbocycles. The molecule has 1 amide bonds. The Morgan fingerprint density at radius 1 is 1.05 bits per heavy atom. The highest BCUT2D eigenvalue weighted by molar-refractivity contribution is 5.89. The number of rotatable bonds is 8. The number of hydrogen-bond acceptors (Lipinski definition) is 4. The van der Waals surface area contributed by atoms with E-state index in [1.807, 2.05) is 18.7 Å². The van der Waals surface area contributed by atoms with Crippen molar-refractivity contribution in [2.75, 3.05) is 26.8 Å². The van der Waals surface area contributed by atoms with Crippen molar-refractivity contribution in [3.63, 3.8) is 0 Å². The number of benzene rings is 1. The maximum Gasteiger partial charge on any atom is 0.337 e. The Morgan fingerprint density at radius 3 is 2.10 bits per heavy atom. The van der Waals surface area contributed by atoms with Gasteiger partial charge in [-0.15, -0.1) is 0 Å². The number of hydrogen-bond donors (Lipinski definition) is 0. The zero-order valence-corrected chi connectivity index (χ0v) is 12.9. The van der Waals surface area contributed by atoms with E-state index in [9.17, 15) is 9.59 Å². The van der Waals surface area contributed by atoms with Gasteiger partial charge in [-0.1, -0.05) is 13.8 Å². The van der Waals surface area contributed by atoms with Crippen LogP contribution in [-0.4, -0.2) is 43.6 Å². The lowest BCUT2D eigenvalue weighted by molar-refractivity contribution is -0.133. The van der Waals surface area contributed by atoms with Crippen LogP contribution < -0.4 is 4.74 Å². The van der Waals surface area contributed by atoms with E-state index < -0.39 is 5.97 Å². The van der Waals surface area contributed by atoms with Crippen molar-refractivity contribution in [2.45, 2.75) is 26.7 Å². The largest absolute Gasteiger partial charge is 0.484 e. The first-order valence-corrected chi connectivity index (χ1v) is 7.21. The highest BCUT2D eigenvalue weighted by atomic mass is 16.5. The molecule has 5 heteroatoms. The van der Waals surface area contributed by atoms with Gasteiger partial charge < -0.3 is 14.4 Å². The molecule has 1 aromatic rings. The van der Waals surface area contributed by atoms with Gasteiger partial charge in [0.15, 0.2) is 6.61 Å². The molecular formula is C16H23NO4. The number of methoxy groups -OCH3 is 1. The van der Waals surface area contributed by atoms with Crippen LogP contribution in [0.4, 0.5) is 0 Å². The molecule has 0 aliphatic carbocycles. The van der Waals surface area contributed by atoms with Crippen LogP contribution in [-0.2, 0) is 9.53 Å². The third-order valence-corrected chi connectivity index (χ3v) is 2.98. The standard InChI is InChI=1S/C16H23NO4/c1-4-10-17(11-5-2)15(18)12-21-14-8-6-13(7-9-14)16(19)20-3/h6-9H,4-5,10-12H2,1-3H3. The van der Waals surface area contributed by atoms with Gasteiger partial charge in [-0.2, -0.15) is 0 Å². The molecule has 0 saturated carbocycles. The van der Waals surface area contributed by atoms with E-state index in [1.165, 1.54) is 7.11 Å². The van der Waals surface area contributed by atoms with Gasteiger partial charge in [0.1, 0.15) is 5.75 Å². The normalized spacial score (nSPS) is 10.0. The first kappa shape index (κ1) is 17.0. The minimum Gasteiger partial charge on any atom is -0.484 e. The lowest BCUT2D eigenvalue weighted by Gasteiger charge is -2.21. The topological polar surface area (TPSA) is 55.8 Å². The molecule has 0 aliphatic heterocycles. The number of ether oxygens (including phenoxy) is 2. The molecule has 0 aliphatic rings. The predicted molar refractivity (Wildman–Crippen MR) is 80.4 cm³/mol. The van der Waals surface area contributed by atoms with Crippen LogP contribution in [0, 0.1) is 0 Å². The van der Waals surface area contributed by atoms with E-state index in [0.717, 1.165) is 25.9 Å². The number of carbonyl (C=O) groups excluding carboxylic acids is 2. The second kappa shape index (κ2) is 9.00. The van der Waals surface area contributed by atoms with Gasteiger partial charge in [0.05, 0.1) is 12.7 Å². The van der Waals surface area contributed by atoms with Crippen molar-refractivity contribution in [3.8, 4) is 5.75 Å². The molecule has 0 aromatic heterocycles. The van der Waals surface area contributed by atoms with E-state index in [1.54, 1.807) is 24.3 Å². The molecule has 116 valence electrons. The van der Waals surface area contributed by atoms with Gasteiger partial charge >= 0.3 is 5.97 Å². The summed E-state index contributed by atoms with van der Waals surface area (Å²) in [6, 6.07) is 6.54. The summed E-state index contributed by atoms with van der Waals surface area (Å²) in [7, 11) is 1.33. The van der Waals surface area contributed by atoms with Crippen LogP contribution in [0.15, 0.2) is 24.3 Å². The lowest BCUT2D eigenvalue weighted by Crippen LogP contribution is -2.36. The van der Waals surface area contributed by atoms with Crippen molar-refractivity contribution in [2.24, 2.45) is 0 Å². The highest BCUT2D eigenvalue weighted by Crippen LogP contribution is 2.13. The second-order valence-electron chi connectivity index (χ2n) is 4.69. The fraction of sp³-hybridized carbons (Fsp3) is 0.500. The molecular weight excluding hydrogens is 270 g/mol. The third kappa shape index (κ3) is 5.45. The van der Waals surface area contributed by atoms with Crippen molar-refractivity contribution in [3.05, 3.63) is 29.8 Å². The lowest BCUT2D eigenvalue weighted by atomic mass is 10.2. The van der Waals surface area contributed by atoms with Crippen molar-refractivity contribution < 1.29 is 19.1 Å². The first-order valence-electron chi connectivity index (χ1n) is 7.21. The maximum atomic E-state index is 12.0. The van der Waals surface area contributed by atoms with Crippen LogP contribution >= 0.6 is 0 Å². The Labute approximate surface area is 125 Å². The zero-order valence-electron chi connectivity index (χ0n) is 12.9. The summed E-state index contributed by atoms with van der Waals surface area (Å²) >= 11 is 0. The Hall–Kier alpha value is -2.04. The second-order valence-corrected chi connectivity index (χ2v) is 4.69. The third-order valence-electron chi connectivity index (χ3n) is 2.98. The van der Waals surface area contributed by atoms with Gasteiger partial charge in [-0.3, -0.25) is 4.79 Å². The predicted octanol–water partition coefficient (Wildman–Crippen LogP) is 2.50. The van der Waals surface area contributed by atoms with Crippen LogP contribution in [0.5, 0.6) is 5.75 Å². The first-order chi connectivity index (χ1) is 10.1. The average molecular weight is 293 g/mol. The average Bonchev–Trinajstić information content (AvgIpc) is 2.52. The van der Waals surface area contributed by atoms with Crippen LogP contribution in [0.1, 0.15) is 37.0 Å². The minimum absolute atomic E-state index is 0.0115. The van der Waals surface area contributed by atoms with Crippen LogP contribution in [0.2, 0.25) is 0 Å². The van der Waals surface area contributed by atoms with E-state index in [4.69, 9.17) is 4.74 Å². The SMILES string of the molecule is CCCN(CCC)C(=O)COc1ccc(C(=O)OC)cc1. The summed E-state index contributed by atoms with van der Waals surface area (Å²) in [5, 5.41) is 0. The Kier molecular flexibility index (Phi) is 7.29. The summed E-state index contributed by atoms with van der Waals surface area (Å²) in [5.74, 6) is 0.148. The van der Waals surface area contributed by atoms with E-state index in [-0.39, 0.29) is 12.5 Å². The smallest absolute Gasteiger partial charge is 0.337 e. The molecule has 0 N–H and O–H groups in total. The molecule has 0 unspecified atom stereocenters. The Morgan fingerprint density at radius 2 is 1.62 bits per heavy atom. The van der Waals surface area contributed by atoms with Crippen molar-refractivity contribution in [1.82, 2.24) is 4.90 Å². The monoisotopic (exact) mass is 293 g/mol. The minimum atomic E-state index is -0.394. The van der Waals surface area contributed by atoms with Gasteiger partial charge in [0.25, 0.3) is 5.91 Å². The van der Waals surface area contributed by atoms with Crippen molar-refractivity contribution in [1.29, 1.82) is 0 Å². The molecule has 0 fully saturated rings. The fourth-order valence-corrected chi connectivity index (χ4v) is 1.94. The van der Waals surface area contributed by atoms with Gasteiger partial charge in [-0.05, 0) is 37.1 Å². The molecule has 1 rings (SSSR count). The number of esters is 1. The van der Waals surface area contributed by atoms with Crippen LogP contribution in [0.3, 0.4) is 0 Å². The number of amides is 1. The van der Waals surface area contributed by atoms with E-state index in [0.29, 0.717) is 11.3 Å². The molecule has 0 heterocycles. The van der Waals surface area contributed by atoms with E-state index >= 15 is 0 Å². The van der Waals surface area contributed by atoms with E-state index in [2.05, 4.69) is 4.74 Å². The molecule has 0 saturated heterocycles. The molecule has 5 nitrogen and oxygen atoms in total. The van der Waals surface area contributed by atoms with Gasteiger partial charge in [0, 0.05) is 13.1 Å². The van der Waals surface area contributed by atoms with Crippen molar-refractivity contribution >= 4 is 11.9 Å². The Balaban J connectivity index is 2.53. The maximum absolute atomic E-state index is 12.0. The molecule has 0 radical (unpaired) electrons. The quantitative estimate of drug-likeness (QED) is 0.691. The number of nitrogens with zero attached hydrogens (tertiary/aromatic N) is 1. The fourth-order valence-electron chi connectivity index (χ4n) is 1.94. The van der Waals surface area contributed by atoms with Crippen LogP contribution in [0.25, 0.3) is 0 Å². The molecule has 0 spiro atoms. The highest BCUT2D eigenvalue weighted by Gasteiger charge is 2.12. The molecule has 21 heavy (non-hydrogen) atoms. The van der Waals surface area contributed by atoms with Gasteiger partial charge in [0.2, 0.25) is 0 Å². The summed E-state index contributed by atoms with van der Waals surface area (Å²) in [4.78, 5) is 25.2. The summed E-state index contributed by atoms with van der Waals surface area (Å²) < 4.78 is 10.1. The Bertz CT molecular complexity index is 450.